The van der Waals surface area contributed by atoms with Crippen LogP contribution in [0.5, 0.6) is 0 Å². The molecule has 0 aliphatic rings. The minimum atomic E-state index is -4.17. The third-order valence-electron chi connectivity index (χ3n) is 2.40. The smallest absolute Gasteiger partial charge is 0.391 e. The summed E-state index contributed by atoms with van der Waals surface area (Å²) in [5.74, 6) is 0.696. The van der Waals surface area contributed by atoms with Crippen LogP contribution in [0.15, 0.2) is 16.7 Å². The Kier molecular flexibility index (Phi) is 5.43. The molecule has 0 aliphatic heterocycles. The summed E-state index contributed by atoms with van der Waals surface area (Å²) in [6.45, 7) is 6.39. The van der Waals surface area contributed by atoms with Gasteiger partial charge < -0.3 is 14.5 Å². The van der Waals surface area contributed by atoms with Gasteiger partial charge in [0.2, 0.25) is 0 Å². The third kappa shape index (κ3) is 7.22. The maximum atomic E-state index is 11.9. The van der Waals surface area contributed by atoms with Gasteiger partial charge in [0.1, 0.15) is 5.76 Å². The summed E-state index contributed by atoms with van der Waals surface area (Å²) in [7, 11) is 0. The van der Waals surface area contributed by atoms with Gasteiger partial charge in [-0.05, 0) is 26.8 Å². The van der Waals surface area contributed by atoms with E-state index in [1.165, 1.54) is 6.26 Å². The third-order valence-corrected chi connectivity index (χ3v) is 2.40. The number of halogens is 3. The van der Waals surface area contributed by atoms with E-state index < -0.39 is 12.6 Å². The number of rotatable bonds is 6. The van der Waals surface area contributed by atoms with Gasteiger partial charge in [0.05, 0.1) is 32.4 Å². The van der Waals surface area contributed by atoms with Crippen molar-refractivity contribution < 1.29 is 22.3 Å². The van der Waals surface area contributed by atoms with Crippen molar-refractivity contribution in [1.82, 2.24) is 5.32 Å². The quantitative estimate of drug-likeness (QED) is 0.807. The molecular formula is C13H20F3NO2. The van der Waals surface area contributed by atoms with Crippen molar-refractivity contribution >= 4 is 0 Å². The average molecular weight is 279 g/mol. The van der Waals surface area contributed by atoms with Crippen LogP contribution in [0.3, 0.4) is 0 Å². The highest BCUT2D eigenvalue weighted by Crippen LogP contribution is 2.20. The topological polar surface area (TPSA) is 34.4 Å². The van der Waals surface area contributed by atoms with Crippen LogP contribution in [0.1, 0.15) is 38.5 Å². The summed E-state index contributed by atoms with van der Waals surface area (Å²) in [5, 5.41) is 3.25. The first-order chi connectivity index (χ1) is 8.67. The van der Waals surface area contributed by atoms with Crippen LogP contribution in [-0.4, -0.2) is 18.3 Å². The standard InChI is InChI=1S/C13H20F3NO2/c1-12(2,3)17-8-11-10(4-6-19-11)9-18-7-5-13(14,15)16/h4,6,17H,5,7-9H2,1-3H3. The zero-order chi connectivity index (χ0) is 14.5. The Bertz CT molecular complexity index is 380. The maximum Gasteiger partial charge on any atom is 0.391 e. The highest BCUT2D eigenvalue weighted by Gasteiger charge is 2.26. The van der Waals surface area contributed by atoms with Crippen molar-refractivity contribution in [3.8, 4) is 0 Å². The van der Waals surface area contributed by atoms with Crippen LogP contribution in [0.4, 0.5) is 13.2 Å². The van der Waals surface area contributed by atoms with Gasteiger partial charge in [-0.15, -0.1) is 0 Å². The van der Waals surface area contributed by atoms with Crippen LogP contribution in [0.25, 0.3) is 0 Å². The molecular weight excluding hydrogens is 259 g/mol. The van der Waals surface area contributed by atoms with E-state index in [0.29, 0.717) is 12.3 Å². The summed E-state index contributed by atoms with van der Waals surface area (Å²) in [4.78, 5) is 0. The molecule has 110 valence electrons. The molecule has 1 aromatic heterocycles. The summed E-state index contributed by atoms with van der Waals surface area (Å²) in [6, 6.07) is 1.72. The molecule has 0 aromatic carbocycles. The summed E-state index contributed by atoms with van der Waals surface area (Å²) < 4.78 is 46.1. The van der Waals surface area contributed by atoms with E-state index in [0.717, 1.165) is 5.56 Å². The zero-order valence-corrected chi connectivity index (χ0v) is 11.4. The van der Waals surface area contributed by atoms with E-state index in [2.05, 4.69) is 5.32 Å². The molecule has 0 radical (unpaired) electrons. The van der Waals surface area contributed by atoms with E-state index >= 15 is 0 Å². The van der Waals surface area contributed by atoms with Crippen molar-refractivity contribution in [2.24, 2.45) is 0 Å². The van der Waals surface area contributed by atoms with E-state index in [1.807, 2.05) is 20.8 Å². The van der Waals surface area contributed by atoms with E-state index in [4.69, 9.17) is 9.15 Å². The second-order valence-electron chi connectivity index (χ2n) is 5.39. The lowest BCUT2D eigenvalue weighted by Gasteiger charge is -2.20. The Morgan fingerprint density at radius 2 is 1.95 bits per heavy atom. The number of furan rings is 1. The van der Waals surface area contributed by atoms with Crippen molar-refractivity contribution in [2.75, 3.05) is 6.61 Å². The van der Waals surface area contributed by atoms with Gasteiger partial charge in [-0.25, -0.2) is 0 Å². The second-order valence-corrected chi connectivity index (χ2v) is 5.39. The molecule has 19 heavy (non-hydrogen) atoms. The first-order valence-electron chi connectivity index (χ1n) is 6.12. The van der Waals surface area contributed by atoms with E-state index in [-0.39, 0.29) is 18.8 Å². The highest BCUT2D eigenvalue weighted by molar-refractivity contribution is 5.16. The van der Waals surface area contributed by atoms with Gasteiger partial charge in [-0.3, -0.25) is 0 Å². The van der Waals surface area contributed by atoms with E-state index in [9.17, 15) is 13.2 Å². The molecule has 1 aromatic rings. The van der Waals surface area contributed by atoms with Crippen molar-refractivity contribution in [1.29, 1.82) is 0 Å². The lowest BCUT2D eigenvalue weighted by Crippen LogP contribution is -2.35. The van der Waals surface area contributed by atoms with Gasteiger partial charge in [0.15, 0.2) is 0 Å². The van der Waals surface area contributed by atoms with Crippen molar-refractivity contribution in [3.05, 3.63) is 23.7 Å². The normalized spacial score (nSPS) is 12.9. The average Bonchev–Trinajstić information content (AvgIpc) is 2.66. The Hall–Kier alpha value is -1.01. The molecule has 0 fully saturated rings. The Labute approximate surface area is 111 Å². The molecule has 6 heteroatoms. The molecule has 0 bridgehead atoms. The molecule has 1 heterocycles. The SMILES string of the molecule is CC(C)(C)NCc1occc1COCCC(F)(F)F. The zero-order valence-electron chi connectivity index (χ0n) is 11.4. The number of nitrogens with one attached hydrogen (secondary N) is 1. The Balaban J connectivity index is 2.37. The van der Waals surface area contributed by atoms with Crippen LogP contribution in [0, 0.1) is 0 Å². The maximum absolute atomic E-state index is 11.9. The minimum Gasteiger partial charge on any atom is -0.468 e. The molecule has 1 rings (SSSR count). The fourth-order valence-corrected chi connectivity index (χ4v) is 1.37. The molecule has 0 saturated carbocycles. The molecule has 0 amide bonds. The van der Waals surface area contributed by atoms with Crippen molar-refractivity contribution in [3.63, 3.8) is 0 Å². The summed E-state index contributed by atoms with van der Waals surface area (Å²) in [5.41, 5.74) is 0.722. The molecule has 0 spiro atoms. The van der Waals surface area contributed by atoms with Crippen LogP contribution < -0.4 is 5.32 Å². The fraction of sp³-hybridized carbons (Fsp3) is 0.692. The summed E-state index contributed by atoms with van der Waals surface area (Å²) >= 11 is 0. The van der Waals surface area contributed by atoms with Gasteiger partial charge in [-0.1, -0.05) is 0 Å². The van der Waals surface area contributed by atoms with Gasteiger partial charge in [0.25, 0.3) is 0 Å². The lowest BCUT2D eigenvalue weighted by atomic mass is 10.1. The van der Waals surface area contributed by atoms with Crippen LogP contribution in [-0.2, 0) is 17.9 Å². The van der Waals surface area contributed by atoms with Gasteiger partial charge >= 0.3 is 6.18 Å². The minimum absolute atomic E-state index is 0.0544. The lowest BCUT2D eigenvalue weighted by molar-refractivity contribution is -0.146. The van der Waals surface area contributed by atoms with Crippen LogP contribution in [0.2, 0.25) is 0 Å². The largest absolute Gasteiger partial charge is 0.468 e. The number of hydrogen-bond donors (Lipinski definition) is 1. The summed E-state index contributed by atoms with van der Waals surface area (Å²) in [6.07, 6.45) is -3.59. The van der Waals surface area contributed by atoms with Gasteiger partial charge in [0, 0.05) is 11.1 Å². The first-order valence-corrected chi connectivity index (χ1v) is 6.12. The molecule has 0 saturated heterocycles. The number of ether oxygens (including phenoxy) is 1. The number of alkyl halides is 3. The Morgan fingerprint density at radius 3 is 2.53 bits per heavy atom. The molecule has 1 N–H and O–H groups in total. The first kappa shape index (κ1) is 16.0. The monoisotopic (exact) mass is 279 g/mol. The second kappa shape index (κ2) is 6.43. The Morgan fingerprint density at radius 1 is 1.26 bits per heavy atom. The highest BCUT2D eigenvalue weighted by atomic mass is 19.4. The predicted octanol–water partition coefficient (Wildman–Crippen LogP) is 3.64. The van der Waals surface area contributed by atoms with E-state index in [1.54, 1.807) is 6.07 Å². The predicted molar refractivity (Wildman–Crippen MR) is 65.6 cm³/mol. The van der Waals surface area contributed by atoms with Crippen LogP contribution >= 0.6 is 0 Å². The molecule has 0 unspecified atom stereocenters. The molecule has 3 nitrogen and oxygen atoms in total. The fourth-order valence-electron chi connectivity index (χ4n) is 1.37. The molecule has 0 aliphatic carbocycles. The number of hydrogen-bond acceptors (Lipinski definition) is 3. The van der Waals surface area contributed by atoms with Gasteiger partial charge in [-0.2, -0.15) is 13.2 Å². The molecule has 0 atom stereocenters. The van der Waals surface area contributed by atoms with Crippen molar-refractivity contribution in [2.45, 2.75) is 52.1 Å².